The van der Waals surface area contributed by atoms with Gasteiger partial charge < -0.3 is 9.47 Å². The minimum absolute atomic E-state index is 0.206. The first kappa shape index (κ1) is 15.5. The lowest BCUT2D eigenvalue weighted by Crippen LogP contribution is -2.18. The summed E-state index contributed by atoms with van der Waals surface area (Å²) in [4.78, 5) is 0. The third-order valence-electron chi connectivity index (χ3n) is 2.79. The maximum absolute atomic E-state index is 6.28. The van der Waals surface area contributed by atoms with Crippen LogP contribution in [0, 0.1) is 0 Å². The van der Waals surface area contributed by atoms with E-state index in [9.17, 15) is 0 Å². The second kappa shape index (κ2) is 6.59. The summed E-state index contributed by atoms with van der Waals surface area (Å²) in [5.74, 6) is 1.47. The topological polar surface area (TPSA) is 18.5 Å². The van der Waals surface area contributed by atoms with Crippen LogP contribution in [0.1, 0.15) is 50.7 Å². The molecule has 0 N–H and O–H groups in total. The van der Waals surface area contributed by atoms with Crippen LogP contribution in [-0.4, -0.2) is 24.1 Å². The normalized spacial score (nSPS) is 11.4. The number of hydrogen-bond donors (Lipinski definition) is 0. The molecule has 0 aliphatic carbocycles. The van der Waals surface area contributed by atoms with Gasteiger partial charge in [0.25, 0.3) is 0 Å². The summed E-state index contributed by atoms with van der Waals surface area (Å²) in [7, 11) is 5.26. The molecule has 1 aromatic carbocycles. The van der Waals surface area contributed by atoms with Gasteiger partial charge in [0.2, 0.25) is 0 Å². The van der Waals surface area contributed by atoms with Crippen molar-refractivity contribution in [3.63, 3.8) is 0 Å². The fraction of sp³-hybridized carbons (Fsp3) is 0.571. The Morgan fingerprint density at radius 2 is 1.72 bits per heavy atom. The molecule has 2 nitrogen and oxygen atoms in total. The van der Waals surface area contributed by atoms with E-state index in [2.05, 4.69) is 37.9 Å². The van der Waals surface area contributed by atoms with Gasteiger partial charge in [0.05, 0.1) is 15.3 Å². The van der Waals surface area contributed by atoms with Crippen LogP contribution >= 0.6 is 11.6 Å². The Balaban J connectivity index is 3.43. The van der Waals surface area contributed by atoms with Crippen molar-refractivity contribution in [1.29, 1.82) is 0 Å². The average molecular weight is 284 g/mol. The van der Waals surface area contributed by atoms with Crippen LogP contribution in [-0.2, 0) is 4.74 Å². The number of benzene rings is 1. The molecule has 3 radical (unpaired) electrons. The lowest BCUT2D eigenvalue weighted by Gasteiger charge is -2.23. The van der Waals surface area contributed by atoms with E-state index in [1.165, 1.54) is 5.56 Å². The van der Waals surface area contributed by atoms with Crippen molar-refractivity contribution < 1.29 is 9.47 Å². The van der Waals surface area contributed by atoms with Gasteiger partial charge in [-0.1, -0.05) is 44.5 Å². The van der Waals surface area contributed by atoms with E-state index < -0.39 is 0 Å². The molecule has 0 bridgehead atoms. The van der Waals surface area contributed by atoms with Gasteiger partial charge in [-0.05, 0) is 23.5 Å². The molecule has 0 fully saturated rings. The molecule has 0 amide bonds. The first-order chi connectivity index (χ1) is 8.40. The zero-order valence-corrected chi connectivity index (χ0v) is 13.4. The zero-order valence-electron chi connectivity index (χ0n) is 11.6. The highest BCUT2D eigenvalue weighted by Crippen LogP contribution is 2.38. The average Bonchev–Trinajstić information content (AvgIpc) is 2.26. The first-order valence-electron chi connectivity index (χ1n) is 6.09. The molecule has 0 saturated heterocycles. The van der Waals surface area contributed by atoms with Crippen LogP contribution in [0.3, 0.4) is 0 Å². The molecule has 0 saturated carbocycles. The minimum Gasteiger partial charge on any atom is -0.466 e. The van der Waals surface area contributed by atoms with E-state index in [0.29, 0.717) is 16.9 Å². The van der Waals surface area contributed by atoms with Crippen molar-refractivity contribution in [2.75, 3.05) is 13.9 Å². The van der Waals surface area contributed by atoms with Gasteiger partial charge in [-0.15, -0.1) is 0 Å². The van der Waals surface area contributed by atoms with Crippen LogP contribution in [0.5, 0.6) is 5.75 Å². The summed E-state index contributed by atoms with van der Waals surface area (Å²) >= 11 is 6.28. The Bertz CT molecular complexity index is 417. The molecule has 0 atom stereocenters. The zero-order chi connectivity index (χ0) is 13.9. The highest BCUT2D eigenvalue weighted by Gasteiger charge is 2.21. The maximum Gasteiger partial charge on any atom is 0.188 e. The van der Waals surface area contributed by atoms with Gasteiger partial charge in [0.15, 0.2) is 6.79 Å². The summed E-state index contributed by atoms with van der Waals surface area (Å²) < 4.78 is 10.6. The third kappa shape index (κ3) is 3.28. The SMILES string of the molecule is COCOc1c(Cl)cc([Si])c(C(C)C)c1C(C)C. The first-order valence-corrected chi connectivity index (χ1v) is 6.97. The Labute approximate surface area is 118 Å². The molecule has 18 heavy (non-hydrogen) atoms. The van der Waals surface area contributed by atoms with Crippen LogP contribution in [0.2, 0.25) is 5.02 Å². The highest BCUT2D eigenvalue weighted by atomic mass is 35.5. The second-order valence-electron chi connectivity index (χ2n) is 4.92. The minimum atomic E-state index is 0.206. The van der Waals surface area contributed by atoms with Crippen LogP contribution in [0.25, 0.3) is 0 Å². The molecular weight excluding hydrogens is 264 g/mol. The number of hydrogen-bond acceptors (Lipinski definition) is 2. The molecule has 0 unspecified atom stereocenters. The highest BCUT2D eigenvalue weighted by molar-refractivity contribution is 6.38. The van der Waals surface area contributed by atoms with Gasteiger partial charge in [-0.3, -0.25) is 0 Å². The Hall–Kier alpha value is -0.513. The standard InChI is InChI=1S/C14H20ClO2Si/c1-8(2)12-11(18)6-10(15)14(17-7-16-5)13(12)9(3)4/h6,8-9H,7H2,1-5H3. The Morgan fingerprint density at radius 1 is 1.17 bits per heavy atom. The smallest absolute Gasteiger partial charge is 0.188 e. The third-order valence-corrected chi connectivity index (χ3v) is 3.48. The molecule has 0 spiro atoms. The van der Waals surface area contributed by atoms with Gasteiger partial charge in [0, 0.05) is 12.7 Å². The Morgan fingerprint density at radius 3 is 2.17 bits per heavy atom. The monoisotopic (exact) mass is 283 g/mol. The molecule has 4 heteroatoms. The molecule has 0 aliphatic rings. The van der Waals surface area contributed by atoms with E-state index in [-0.39, 0.29) is 6.79 Å². The van der Waals surface area contributed by atoms with E-state index >= 15 is 0 Å². The van der Waals surface area contributed by atoms with Crippen LogP contribution < -0.4 is 9.92 Å². The van der Waals surface area contributed by atoms with Crippen molar-refractivity contribution in [1.82, 2.24) is 0 Å². The van der Waals surface area contributed by atoms with Gasteiger partial charge in [-0.2, -0.15) is 0 Å². The van der Waals surface area contributed by atoms with Crippen molar-refractivity contribution in [3.8, 4) is 5.75 Å². The molecular formula is C14H20ClO2Si. The van der Waals surface area contributed by atoms with E-state index in [1.807, 2.05) is 6.07 Å². The number of rotatable bonds is 5. The number of halogens is 1. The number of ether oxygens (including phenoxy) is 2. The largest absolute Gasteiger partial charge is 0.466 e. The summed E-state index contributed by atoms with van der Waals surface area (Å²) in [5, 5.41) is 1.65. The van der Waals surface area contributed by atoms with Gasteiger partial charge >= 0.3 is 0 Å². The summed E-state index contributed by atoms with van der Waals surface area (Å²) in [6.07, 6.45) is 0. The fourth-order valence-electron chi connectivity index (χ4n) is 2.13. The molecule has 1 rings (SSSR count). The van der Waals surface area contributed by atoms with E-state index in [1.54, 1.807) is 7.11 Å². The molecule has 0 aromatic heterocycles. The molecule has 0 heterocycles. The summed E-state index contributed by atoms with van der Waals surface area (Å²) in [6.45, 7) is 8.82. The van der Waals surface area contributed by atoms with Crippen molar-refractivity contribution in [3.05, 3.63) is 22.2 Å². The van der Waals surface area contributed by atoms with Crippen LogP contribution in [0.15, 0.2) is 6.07 Å². The van der Waals surface area contributed by atoms with Crippen LogP contribution in [0.4, 0.5) is 0 Å². The lowest BCUT2D eigenvalue weighted by atomic mass is 9.89. The fourth-order valence-corrected chi connectivity index (χ4v) is 3.05. The molecule has 0 aliphatic heterocycles. The van der Waals surface area contributed by atoms with Gasteiger partial charge in [0.1, 0.15) is 5.75 Å². The van der Waals surface area contributed by atoms with E-state index in [4.69, 9.17) is 21.1 Å². The predicted octanol–water partition coefficient (Wildman–Crippen LogP) is 3.36. The molecule has 99 valence electrons. The van der Waals surface area contributed by atoms with Gasteiger partial charge in [-0.25, -0.2) is 0 Å². The predicted molar refractivity (Wildman–Crippen MR) is 77.5 cm³/mol. The van der Waals surface area contributed by atoms with Crippen molar-refractivity contribution in [2.45, 2.75) is 39.5 Å². The quantitative estimate of drug-likeness (QED) is 0.609. The Kier molecular flexibility index (Phi) is 5.69. The van der Waals surface area contributed by atoms with E-state index in [0.717, 1.165) is 16.5 Å². The van der Waals surface area contributed by atoms with Crippen molar-refractivity contribution in [2.24, 2.45) is 0 Å². The lowest BCUT2D eigenvalue weighted by molar-refractivity contribution is 0.0503. The molecule has 1 aromatic rings. The summed E-state index contributed by atoms with van der Waals surface area (Å²) in [6, 6.07) is 1.89. The summed E-state index contributed by atoms with van der Waals surface area (Å²) in [5.41, 5.74) is 2.40. The number of methoxy groups -OCH3 is 1. The maximum atomic E-state index is 6.28. The van der Waals surface area contributed by atoms with Crippen molar-refractivity contribution >= 4 is 27.0 Å². The second-order valence-corrected chi connectivity index (χ2v) is 5.87.